The Morgan fingerprint density at radius 1 is 1.08 bits per heavy atom. The second kappa shape index (κ2) is 7.42. The number of fused-ring (bicyclic) bond motifs is 1. The lowest BCUT2D eigenvalue weighted by Gasteiger charge is -2.32. The number of carbonyl (C=O) groups excluding carboxylic acids is 2. The molecule has 0 bridgehead atoms. The number of rotatable bonds is 5. The SMILES string of the molecule is CC1(C)CCSc2ccc(C(=O)COOC(=O)c3ccccc3)cc21. The molecule has 5 heteroatoms. The molecule has 0 saturated heterocycles. The Hall–Kier alpha value is -2.11. The van der Waals surface area contributed by atoms with E-state index in [0.717, 1.165) is 12.2 Å². The first-order chi connectivity index (χ1) is 12.0. The third-order valence-corrected chi connectivity index (χ3v) is 5.42. The fraction of sp³-hybridized carbons (Fsp3) is 0.300. The minimum atomic E-state index is -0.614. The van der Waals surface area contributed by atoms with Gasteiger partial charge in [0.2, 0.25) is 0 Å². The Balaban J connectivity index is 1.61. The van der Waals surface area contributed by atoms with Crippen LogP contribution in [0.15, 0.2) is 53.4 Å². The molecule has 130 valence electrons. The van der Waals surface area contributed by atoms with Gasteiger partial charge in [0, 0.05) is 10.5 Å². The number of thioether (sulfide) groups is 1. The smallest absolute Gasteiger partial charge is 0.292 e. The first-order valence-electron chi connectivity index (χ1n) is 8.17. The van der Waals surface area contributed by atoms with Gasteiger partial charge in [-0.3, -0.25) is 9.68 Å². The molecule has 0 N–H and O–H groups in total. The lowest BCUT2D eigenvalue weighted by molar-refractivity contribution is -0.230. The minimum absolute atomic E-state index is 0.0531. The van der Waals surface area contributed by atoms with Crippen LogP contribution in [0.2, 0.25) is 0 Å². The molecule has 1 heterocycles. The topological polar surface area (TPSA) is 52.6 Å². The molecule has 0 saturated carbocycles. The van der Waals surface area contributed by atoms with Gasteiger partial charge in [0.15, 0.2) is 12.4 Å². The van der Waals surface area contributed by atoms with Crippen molar-refractivity contribution in [2.24, 2.45) is 0 Å². The van der Waals surface area contributed by atoms with E-state index in [2.05, 4.69) is 13.8 Å². The van der Waals surface area contributed by atoms with Gasteiger partial charge < -0.3 is 0 Å². The lowest BCUT2D eigenvalue weighted by atomic mass is 9.81. The molecule has 3 rings (SSSR count). The van der Waals surface area contributed by atoms with Gasteiger partial charge >= 0.3 is 5.97 Å². The van der Waals surface area contributed by atoms with Crippen molar-refractivity contribution in [3.05, 3.63) is 65.2 Å². The van der Waals surface area contributed by atoms with Gasteiger partial charge in [-0.2, -0.15) is 4.89 Å². The van der Waals surface area contributed by atoms with Crippen molar-refractivity contribution in [3.63, 3.8) is 0 Å². The zero-order valence-corrected chi connectivity index (χ0v) is 15.1. The van der Waals surface area contributed by atoms with Crippen molar-refractivity contribution >= 4 is 23.5 Å². The van der Waals surface area contributed by atoms with Crippen LogP contribution in [0.25, 0.3) is 0 Å². The van der Waals surface area contributed by atoms with Crippen molar-refractivity contribution in [3.8, 4) is 0 Å². The van der Waals surface area contributed by atoms with Gasteiger partial charge in [0.05, 0.1) is 5.56 Å². The molecule has 0 amide bonds. The van der Waals surface area contributed by atoms with Gasteiger partial charge in [-0.15, -0.1) is 11.8 Å². The standard InChI is InChI=1S/C20H20O4S/c1-20(2)10-11-25-18-9-8-15(12-16(18)20)17(21)13-23-24-19(22)14-6-4-3-5-7-14/h3-9,12H,10-11,13H2,1-2H3. The molecule has 0 fully saturated rings. The zero-order chi connectivity index (χ0) is 17.9. The van der Waals surface area contributed by atoms with Crippen molar-refractivity contribution in [1.82, 2.24) is 0 Å². The fourth-order valence-corrected chi connectivity index (χ4v) is 4.24. The highest BCUT2D eigenvalue weighted by atomic mass is 32.2. The average molecular weight is 356 g/mol. The normalized spacial score (nSPS) is 15.3. The average Bonchev–Trinajstić information content (AvgIpc) is 2.62. The van der Waals surface area contributed by atoms with E-state index in [1.165, 1.54) is 10.5 Å². The van der Waals surface area contributed by atoms with Gasteiger partial charge in [0.25, 0.3) is 0 Å². The van der Waals surface area contributed by atoms with Crippen molar-refractivity contribution in [2.45, 2.75) is 30.6 Å². The Kier molecular flexibility index (Phi) is 5.25. The van der Waals surface area contributed by atoms with Crippen LogP contribution in [0.1, 0.15) is 46.5 Å². The Bertz CT molecular complexity index is 784. The van der Waals surface area contributed by atoms with Crippen LogP contribution in [0.3, 0.4) is 0 Å². The van der Waals surface area contributed by atoms with Crippen molar-refractivity contribution in [1.29, 1.82) is 0 Å². The molecule has 0 unspecified atom stereocenters. The highest BCUT2D eigenvalue weighted by Crippen LogP contribution is 2.41. The molecule has 0 aliphatic carbocycles. The van der Waals surface area contributed by atoms with Crippen LogP contribution in [0, 0.1) is 0 Å². The molecule has 0 spiro atoms. The summed E-state index contributed by atoms with van der Waals surface area (Å²) in [6.45, 7) is 4.08. The summed E-state index contributed by atoms with van der Waals surface area (Å²) in [5.74, 6) is 0.262. The van der Waals surface area contributed by atoms with E-state index in [1.54, 1.807) is 36.4 Å². The predicted octanol–water partition coefficient (Wildman–Crippen LogP) is 4.43. The molecule has 4 nitrogen and oxygen atoms in total. The van der Waals surface area contributed by atoms with E-state index in [1.807, 2.05) is 23.9 Å². The predicted molar refractivity (Wildman–Crippen MR) is 96.9 cm³/mol. The Morgan fingerprint density at radius 3 is 2.60 bits per heavy atom. The third kappa shape index (κ3) is 4.11. The first-order valence-corrected chi connectivity index (χ1v) is 9.15. The van der Waals surface area contributed by atoms with E-state index in [4.69, 9.17) is 9.78 Å². The minimum Gasteiger partial charge on any atom is -0.292 e. The largest absolute Gasteiger partial charge is 0.373 e. The zero-order valence-electron chi connectivity index (χ0n) is 14.3. The van der Waals surface area contributed by atoms with Crippen molar-refractivity contribution in [2.75, 3.05) is 12.4 Å². The maximum absolute atomic E-state index is 12.3. The fourth-order valence-electron chi connectivity index (χ4n) is 2.75. The van der Waals surface area contributed by atoms with E-state index in [9.17, 15) is 9.59 Å². The van der Waals surface area contributed by atoms with E-state index in [0.29, 0.717) is 11.1 Å². The molecular formula is C20H20O4S. The van der Waals surface area contributed by atoms with E-state index < -0.39 is 5.97 Å². The Morgan fingerprint density at radius 2 is 1.84 bits per heavy atom. The van der Waals surface area contributed by atoms with E-state index >= 15 is 0 Å². The number of Topliss-reactive ketones (excluding diaryl/α,β-unsaturated/α-hetero) is 1. The number of hydrogen-bond acceptors (Lipinski definition) is 5. The lowest BCUT2D eigenvalue weighted by Crippen LogP contribution is -2.23. The molecule has 0 radical (unpaired) electrons. The van der Waals surface area contributed by atoms with Gasteiger partial charge in [-0.05, 0) is 47.4 Å². The second-order valence-electron chi connectivity index (χ2n) is 6.62. The van der Waals surface area contributed by atoms with E-state index in [-0.39, 0.29) is 17.8 Å². The number of hydrogen-bond donors (Lipinski definition) is 0. The molecular weight excluding hydrogens is 336 g/mol. The monoisotopic (exact) mass is 356 g/mol. The summed E-state index contributed by atoms with van der Waals surface area (Å²) >= 11 is 1.82. The van der Waals surface area contributed by atoms with Crippen molar-refractivity contribution < 1.29 is 19.4 Å². The van der Waals surface area contributed by atoms with Crippen LogP contribution in [0.4, 0.5) is 0 Å². The summed E-state index contributed by atoms with van der Waals surface area (Å²) in [7, 11) is 0. The van der Waals surface area contributed by atoms with Crippen LogP contribution < -0.4 is 0 Å². The summed E-state index contributed by atoms with van der Waals surface area (Å²) in [6, 6.07) is 14.2. The molecule has 2 aromatic carbocycles. The molecule has 25 heavy (non-hydrogen) atoms. The highest BCUT2D eigenvalue weighted by Gasteiger charge is 2.28. The number of ketones is 1. The first kappa shape index (κ1) is 17.7. The van der Waals surface area contributed by atoms with Crippen LogP contribution in [0.5, 0.6) is 0 Å². The number of carbonyl (C=O) groups is 2. The summed E-state index contributed by atoms with van der Waals surface area (Å²) in [5, 5.41) is 0. The van der Waals surface area contributed by atoms with Gasteiger partial charge in [0.1, 0.15) is 0 Å². The molecule has 1 aliphatic heterocycles. The molecule has 1 aliphatic rings. The maximum atomic E-state index is 12.3. The summed E-state index contributed by atoms with van der Waals surface area (Å²) in [4.78, 5) is 34.9. The molecule has 0 atom stereocenters. The maximum Gasteiger partial charge on any atom is 0.373 e. The van der Waals surface area contributed by atoms with Crippen LogP contribution in [-0.4, -0.2) is 24.1 Å². The second-order valence-corrected chi connectivity index (χ2v) is 7.75. The molecule has 0 aromatic heterocycles. The van der Waals surface area contributed by atoms with Gasteiger partial charge in [-0.1, -0.05) is 38.1 Å². The van der Waals surface area contributed by atoms with Crippen LogP contribution >= 0.6 is 11.8 Å². The number of benzene rings is 2. The summed E-state index contributed by atoms with van der Waals surface area (Å²) in [6.07, 6.45) is 1.08. The summed E-state index contributed by atoms with van der Waals surface area (Å²) in [5.41, 5.74) is 2.20. The van der Waals surface area contributed by atoms with Gasteiger partial charge in [-0.25, -0.2) is 4.79 Å². The third-order valence-electron chi connectivity index (χ3n) is 4.35. The quantitative estimate of drug-likeness (QED) is 0.451. The van der Waals surface area contributed by atoms with Crippen LogP contribution in [-0.2, 0) is 15.2 Å². The summed E-state index contributed by atoms with van der Waals surface area (Å²) < 4.78 is 0. The highest BCUT2D eigenvalue weighted by molar-refractivity contribution is 7.99. The Labute approximate surface area is 151 Å². The molecule has 2 aromatic rings.